The average Bonchev–Trinajstić information content (AvgIpc) is 2.74. The topological polar surface area (TPSA) is 77.9 Å². The minimum Gasteiger partial charge on any atom is -0.465 e. The predicted molar refractivity (Wildman–Crippen MR) is 119 cm³/mol. The molecule has 1 saturated heterocycles. The monoisotopic (exact) mass is 466 g/mol. The van der Waals surface area contributed by atoms with Crippen LogP contribution in [0.4, 0.5) is 19.3 Å². The van der Waals surface area contributed by atoms with E-state index in [1.54, 1.807) is 6.07 Å². The molecule has 0 spiro atoms. The van der Waals surface area contributed by atoms with Crippen LogP contribution >= 0.6 is 0 Å². The summed E-state index contributed by atoms with van der Waals surface area (Å²) < 4.78 is 54.6. The lowest BCUT2D eigenvalue weighted by molar-refractivity contribution is 0.0172. The third kappa shape index (κ3) is 4.94. The fourth-order valence-corrected chi connectivity index (χ4v) is 5.62. The van der Waals surface area contributed by atoms with Crippen molar-refractivity contribution in [2.75, 3.05) is 18.0 Å². The van der Waals surface area contributed by atoms with Crippen molar-refractivity contribution >= 4 is 21.8 Å². The number of nitrogens with zero attached hydrogens (tertiary/aromatic N) is 2. The Morgan fingerprint density at radius 2 is 1.84 bits per heavy atom. The van der Waals surface area contributed by atoms with Crippen molar-refractivity contribution in [1.82, 2.24) is 4.31 Å². The Kier molecular flexibility index (Phi) is 6.90. The molecule has 9 heteroatoms. The van der Waals surface area contributed by atoms with Crippen LogP contribution in [0.25, 0.3) is 0 Å². The van der Waals surface area contributed by atoms with Gasteiger partial charge in [-0.05, 0) is 49.9 Å². The van der Waals surface area contributed by atoms with Crippen molar-refractivity contribution in [2.45, 2.75) is 56.9 Å². The van der Waals surface area contributed by atoms with Crippen molar-refractivity contribution in [3.63, 3.8) is 0 Å². The number of hydrogen-bond donors (Lipinski definition) is 1. The number of benzene rings is 2. The van der Waals surface area contributed by atoms with Gasteiger partial charge in [0.15, 0.2) is 0 Å². The lowest BCUT2D eigenvalue weighted by Crippen LogP contribution is -2.49. The number of hydrogen-bond acceptors (Lipinski definition) is 3. The fourth-order valence-electron chi connectivity index (χ4n) is 4.11. The number of amides is 1. The second-order valence-electron chi connectivity index (χ2n) is 8.19. The lowest BCUT2D eigenvalue weighted by atomic mass is 10.0. The van der Waals surface area contributed by atoms with Crippen LogP contribution in [0, 0.1) is 6.92 Å². The molecular formula is C23H28F2N2O4S. The summed E-state index contributed by atoms with van der Waals surface area (Å²) in [7, 11) is -3.96. The molecule has 0 aliphatic carbocycles. The molecule has 1 N–H and O–H groups in total. The van der Waals surface area contributed by atoms with Gasteiger partial charge in [-0.15, -0.1) is 0 Å². The zero-order valence-electron chi connectivity index (χ0n) is 18.4. The Morgan fingerprint density at radius 1 is 1.19 bits per heavy atom. The normalized spacial score (nSPS) is 16.2. The minimum absolute atomic E-state index is 0.108. The van der Waals surface area contributed by atoms with Crippen LogP contribution in [0.5, 0.6) is 0 Å². The van der Waals surface area contributed by atoms with E-state index in [1.165, 1.54) is 27.4 Å². The molecule has 32 heavy (non-hydrogen) atoms. The van der Waals surface area contributed by atoms with Gasteiger partial charge in [0.1, 0.15) is 0 Å². The first-order chi connectivity index (χ1) is 14.9. The van der Waals surface area contributed by atoms with E-state index in [0.29, 0.717) is 24.9 Å². The Bertz CT molecular complexity index is 1090. The highest BCUT2D eigenvalue weighted by Crippen LogP contribution is 2.32. The van der Waals surface area contributed by atoms with Crippen molar-refractivity contribution in [1.29, 1.82) is 0 Å². The molecule has 0 radical (unpaired) electrons. The first kappa shape index (κ1) is 24.1. The number of carbonyl (C=O) groups is 1. The van der Waals surface area contributed by atoms with E-state index in [0.717, 1.165) is 24.1 Å². The zero-order chi connectivity index (χ0) is 23.7. The molecule has 2 aromatic rings. The number of anilines is 1. The lowest BCUT2D eigenvalue weighted by Gasteiger charge is -2.37. The van der Waals surface area contributed by atoms with Crippen LogP contribution in [0.1, 0.15) is 43.4 Å². The highest BCUT2D eigenvalue weighted by atomic mass is 32.2. The van der Waals surface area contributed by atoms with Crippen LogP contribution in [-0.2, 0) is 22.4 Å². The van der Waals surface area contributed by atoms with Gasteiger partial charge in [-0.3, -0.25) is 4.90 Å². The number of aryl methyl sites for hydroxylation is 2. The predicted octanol–water partition coefficient (Wildman–Crippen LogP) is 5.01. The van der Waals surface area contributed by atoms with E-state index < -0.39 is 22.0 Å². The summed E-state index contributed by atoms with van der Waals surface area (Å²) in [6.07, 6.45) is 0.216. The number of halogens is 2. The molecule has 174 valence electrons. The summed E-state index contributed by atoms with van der Waals surface area (Å²) in [6.45, 7) is 4.84. The molecule has 1 aliphatic heterocycles. The molecule has 0 saturated carbocycles. The molecular weight excluding hydrogens is 438 g/mol. The smallest absolute Gasteiger partial charge is 0.412 e. The van der Waals surface area contributed by atoms with E-state index >= 15 is 0 Å². The van der Waals surface area contributed by atoms with Gasteiger partial charge in [0.25, 0.3) is 5.92 Å². The van der Waals surface area contributed by atoms with E-state index in [-0.39, 0.29) is 29.6 Å². The first-order valence-corrected chi connectivity index (χ1v) is 12.0. The molecule has 0 aromatic heterocycles. The molecule has 0 bridgehead atoms. The molecule has 1 aliphatic rings. The summed E-state index contributed by atoms with van der Waals surface area (Å²) in [6, 6.07) is 10.1. The minimum atomic E-state index is -3.96. The number of alkyl halides is 2. The van der Waals surface area contributed by atoms with Gasteiger partial charge in [-0.2, -0.15) is 4.31 Å². The van der Waals surface area contributed by atoms with Crippen LogP contribution in [0.2, 0.25) is 0 Å². The van der Waals surface area contributed by atoms with E-state index in [4.69, 9.17) is 0 Å². The molecule has 3 rings (SSSR count). The van der Waals surface area contributed by atoms with Crippen LogP contribution in [0.15, 0.2) is 47.4 Å². The second-order valence-corrected chi connectivity index (χ2v) is 10.1. The molecule has 6 nitrogen and oxygen atoms in total. The largest absolute Gasteiger partial charge is 0.465 e. The molecule has 1 heterocycles. The van der Waals surface area contributed by atoms with E-state index in [9.17, 15) is 27.1 Å². The molecule has 1 amide bonds. The number of carboxylic acid groups (broad SMARTS) is 1. The maximum Gasteiger partial charge on any atom is 0.412 e. The number of rotatable bonds is 6. The second kappa shape index (κ2) is 9.15. The van der Waals surface area contributed by atoms with Gasteiger partial charge >= 0.3 is 6.09 Å². The summed E-state index contributed by atoms with van der Waals surface area (Å²) in [5.41, 5.74) is 2.21. The van der Waals surface area contributed by atoms with E-state index in [1.807, 2.05) is 26.0 Å². The van der Waals surface area contributed by atoms with Gasteiger partial charge in [-0.1, -0.05) is 36.8 Å². The third-order valence-corrected chi connectivity index (χ3v) is 7.74. The fraction of sp³-hybridized carbons (Fsp3) is 0.435. The summed E-state index contributed by atoms with van der Waals surface area (Å²) in [4.78, 5) is 13.3. The average molecular weight is 467 g/mol. The third-order valence-electron chi connectivity index (χ3n) is 5.85. The maximum absolute atomic E-state index is 13.7. The summed E-state index contributed by atoms with van der Waals surface area (Å²) in [5.74, 6) is -3.15. The molecule has 1 fully saturated rings. The molecule has 2 aromatic carbocycles. The van der Waals surface area contributed by atoms with Crippen LogP contribution in [0.3, 0.4) is 0 Å². The van der Waals surface area contributed by atoms with E-state index in [2.05, 4.69) is 0 Å². The highest BCUT2D eigenvalue weighted by molar-refractivity contribution is 7.89. The van der Waals surface area contributed by atoms with Crippen molar-refractivity contribution in [2.24, 2.45) is 0 Å². The quantitative estimate of drug-likeness (QED) is 0.649. The van der Waals surface area contributed by atoms with Gasteiger partial charge in [0.05, 0.1) is 10.6 Å². The standard InChI is InChI=1S/C23H28F2N2O4S/c1-4-17-14-16(2)8-9-21(17)27(22(28)29)19-10-12-26(13-11-19)32(30,31)20-7-5-6-18(15-20)23(3,24)25/h5-9,14-15,19H,4,10-13H2,1-3H3,(H,28,29). The summed E-state index contributed by atoms with van der Waals surface area (Å²) >= 11 is 0. The van der Waals surface area contributed by atoms with Crippen molar-refractivity contribution in [3.8, 4) is 0 Å². The first-order valence-electron chi connectivity index (χ1n) is 10.6. The Labute approximate surface area is 187 Å². The van der Waals surface area contributed by atoms with Gasteiger partial charge in [0, 0.05) is 31.6 Å². The number of sulfonamides is 1. The number of piperidine rings is 1. The van der Waals surface area contributed by atoms with Gasteiger partial charge in [0.2, 0.25) is 10.0 Å². The van der Waals surface area contributed by atoms with Gasteiger partial charge < -0.3 is 5.11 Å². The van der Waals surface area contributed by atoms with Crippen LogP contribution < -0.4 is 4.90 Å². The Balaban J connectivity index is 1.81. The van der Waals surface area contributed by atoms with Gasteiger partial charge in [-0.25, -0.2) is 22.0 Å². The Morgan fingerprint density at radius 3 is 2.41 bits per heavy atom. The Hall–Kier alpha value is -2.52. The summed E-state index contributed by atoms with van der Waals surface area (Å²) in [5, 5.41) is 9.90. The zero-order valence-corrected chi connectivity index (χ0v) is 19.2. The SMILES string of the molecule is CCc1cc(C)ccc1N(C(=O)O)C1CCN(S(=O)(=O)c2cccc(C(C)(F)F)c2)CC1. The van der Waals surface area contributed by atoms with Crippen molar-refractivity contribution < 1.29 is 27.1 Å². The van der Waals surface area contributed by atoms with Crippen LogP contribution in [-0.4, -0.2) is 43.1 Å². The maximum atomic E-state index is 13.7. The van der Waals surface area contributed by atoms with Crippen molar-refractivity contribution in [3.05, 3.63) is 59.2 Å². The molecule has 0 atom stereocenters. The highest BCUT2D eigenvalue weighted by Gasteiger charge is 2.35. The molecule has 0 unspecified atom stereocenters.